The number of methoxy groups -OCH3 is 3. The zero-order valence-corrected chi connectivity index (χ0v) is 13.7. The number of nitrogens with two attached hydrogens (primary N) is 1. The van der Waals surface area contributed by atoms with Crippen LogP contribution in [0.3, 0.4) is 0 Å². The summed E-state index contributed by atoms with van der Waals surface area (Å²) in [7, 11) is 4.92. The summed E-state index contributed by atoms with van der Waals surface area (Å²) >= 11 is 0. The summed E-state index contributed by atoms with van der Waals surface area (Å²) in [5.41, 5.74) is 6.70. The normalized spacial score (nSPS) is 27.8. The summed E-state index contributed by atoms with van der Waals surface area (Å²) in [6, 6.07) is 1.88. The molecule has 2 aromatic heterocycles. The van der Waals surface area contributed by atoms with E-state index in [1.807, 2.05) is 23.8 Å². The molecule has 2 aromatic rings. The highest BCUT2D eigenvalue weighted by atomic mass is 16.6. The highest BCUT2D eigenvalue weighted by molar-refractivity contribution is 5.86. The molecule has 1 aliphatic rings. The van der Waals surface area contributed by atoms with Gasteiger partial charge in [0.25, 0.3) is 0 Å². The molecule has 8 heteroatoms. The molecular weight excluding hydrogens is 300 g/mol. The van der Waals surface area contributed by atoms with Gasteiger partial charge in [0.1, 0.15) is 35.6 Å². The molecule has 0 bridgehead atoms. The molecule has 3 rings (SSSR count). The molecule has 0 saturated carbocycles. The first kappa shape index (κ1) is 16.1. The van der Waals surface area contributed by atoms with Crippen molar-refractivity contribution in [2.45, 2.75) is 31.5 Å². The van der Waals surface area contributed by atoms with Gasteiger partial charge in [0.2, 0.25) is 0 Å². The molecule has 0 spiro atoms. The van der Waals surface area contributed by atoms with Crippen LogP contribution in [-0.2, 0) is 18.9 Å². The zero-order chi connectivity index (χ0) is 16.6. The van der Waals surface area contributed by atoms with E-state index in [-0.39, 0.29) is 24.5 Å². The molecule has 1 fully saturated rings. The van der Waals surface area contributed by atoms with Gasteiger partial charge in [0.05, 0.1) is 12.0 Å². The molecule has 0 aliphatic carbocycles. The third kappa shape index (κ3) is 2.67. The van der Waals surface area contributed by atoms with Crippen molar-refractivity contribution in [1.29, 1.82) is 0 Å². The number of rotatable bonds is 5. The van der Waals surface area contributed by atoms with Crippen molar-refractivity contribution in [1.82, 2.24) is 14.5 Å². The largest absolute Gasteiger partial charge is 0.383 e. The van der Waals surface area contributed by atoms with Crippen LogP contribution in [0.5, 0.6) is 0 Å². The van der Waals surface area contributed by atoms with Crippen molar-refractivity contribution >= 4 is 16.9 Å². The standard InChI is InChI=1S/C15H22N4O4/c1-8-17-13(16)9-5-6-19(14(9)18-8)15-12(22-4)11(21-3)10(23-15)7-20-2/h5-6,10-12,15H,7H2,1-4H3,(H2,16,17,18)/t10-,11?,12?,15-/m1/s1. The quantitative estimate of drug-likeness (QED) is 0.874. The lowest BCUT2D eigenvalue weighted by Crippen LogP contribution is -2.36. The lowest BCUT2D eigenvalue weighted by molar-refractivity contribution is -0.0634. The van der Waals surface area contributed by atoms with Gasteiger partial charge in [-0.25, -0.2) is 9.97 Å². The molecule has 1 saturated heterocycles. The number of anilines is 1. The average Bonchev–Trinajstić information content (AvgIpc) is 3.08. The Hall–Kier alpha value is -1.74. The van der Waals surface area contributed by atoms with Crippen molar-refractivity contribution < 1.29 is 18.9 Å². The first-order chi connectivity index (χ1) is 11.1. The molecule has 1 aliphatic heterocycles. The van der Waals surface area contributed by atoms with E-state index in [1.165, 1.54) is 0 Å². The van der Waals surface area contributed by atoms with E-state index in [9.17, 15) is 0 Å². The van der Waals surface area contributed by atoms with E-state index in [4.69, 9.17) is 24.7 Å². The Labute approximate surface area is 134 Å². The Morgan fingerprint density at radius 2 is 1.96 bits per heavy atom. The third-order valence-corrected chi connectivity index (χ3v) is 4.15. The van der Waals surface area contributed by atoms with Crippen LogP contribution in [-0.4, -0.2) is 60.8 Å². The predicted octanol–water partition coefficient (Wildman–Crippen LogP) is 0.896. The number of hydrogen-bond donors (Lipinski definition) is 1. The molecule has 126 valence electrons. The van der Waals surface area contributed by atoms with Crippen molar-refractivity contribution in [3.8, 4) is 0 Å². The molecule has 0 aromatic carbocycles. The minimum Gasteiger partial charge on any atom is -0.383 e. The van der Waals surface area contributed by atoms with Gasteiger partial charge >= 0.3 is 0 Å². The highest BCUT2D eigenvalue weighted by Crippen LogP contribution is 2.35. The van der Waals surface area contributed by atoms with Crippen LogP contribution in [0, 0.1) is 6.92 Å². The topological polar surface area (TPSA) is 93.7 Å². The fourth-order valence-corrected chi connectivity index (χ4v) is 3.14. The number of ether oxygens (including phenoxy) is 4. The van der Waals surface area contributed by atoms with Crippen molar-refractivity contribution in [2.75, 3.05) is 33.7 Å². The molecule has 0 amide bonds. The van der Waals surface area contributed by atoms with E-state index in [2.05, 4.69) is 9.97 Å². The van der Waals surface area contributed by atoms with E-state index in [0.717, 1.165) is 11.0 Å². The second kappa shape index (κ2) is 6.40. The molecule has 2 unspecified atom stereocenters. The van der Waals surface area contributed by atoms with E-state index in [0.29, 0.717) is 18.2 Å². The monoisotopic (exact) mass is 322 g/mol. The van der Waals surface area contributed by atoms with Crippen molar-refractivity contribution in [3.63, 3.8) is 0 Å². The maximum atomic E-state index is 6.13. The van der Waals surface area contributed by atoms with Gasteiger partial charge in [0.15, 0.2) is 6.23 Å². The first-order valence-electron chi connectivity index (χ1n) is 7.41. The number of fused-ring (bicyclic) bond motifs is 1. The van der Waals surface area contributed by atoms with Gasteiger partial charge in [-0.3, -0.25) is 0 Å². The van der Waals surface area contributed by atoms with Crippen molar-refractivity contribution in [3.05, 3.63) is 18.1 Å². The Morgan fingerprint density at radius 3 is 2.61 bits per heavy atom. The first-order valence-corrected chi connectivity index (χ1v) is 7.41. The summed E-state index contributed by atoms with van der Waals surface area (Å²) in [5.74, 6) is 1.06. The number of aryl methyl sites for hydroxylation is 1. The van der Waals surface area contributed by atoms with Crippen molar-refractivity contribution in [2.24, 2.45) is 0 Å². The fourth-order valence-electron chi connectivity index (χ4n) is 3.14. The average molecular weight is 322 g/mol. The van der Waals surface area contributed by atoms with Crippen LogP contribution in [0.4, 0.5) is 5.82 Å². The second-order valence-corrected chi connectivity index (χ2v) is 5.54. The predicted molar refractivity (Wildman–Crippen MR) is 84.1 cm³/mol. The Bertz CT molecular complexity index is 689. The molecule has 2 N–H and O–H groups in total. The van der Waals surface area contributed by atoms with E-state index < -0.39 is 0 Å². The molecule has 8 nitrogen and oxygen atoms in total. The summed E-state index contributed by atoms with van der Waals surface area (Å²) in [6.07, 6.45) is 0.761. The number of nitrogen functional groups attached to an aromatic ring is 1. The van der Waals surface area contributed by atoms with Crippen LogP contribution >= 0.6 is 0 Å². The zero-order valence-electron chi connectivity index (χ0n) is 13.7. The number of aromatic nitrogens is 3. The minimum absolute atomic E-state index is 0.224. The number of nitrogens with zero attached hydrogens (tertiary/aromatic N) is 3. The summed E-state index contributed by atoms with van der Waals surface area (Å²) in [5, 5.41) is 0.790. The van der Waals surface area contributed by atoms with Gasteiger partial charge in [-0.15, -0.1) is 0 Å². The second-order valence-electron chi connectivity index (χ2n) is 5.54. The SMILES string of the molecule is COC[C@H]1O[C@@H](n2ccc3c(N)nc(C)nc32)C(OC)C1OC. The van der Waals surface area contributed by atoms with Crippen LogP contribution < -0.4 is 5.73 Å². The summed E-state index contributed by atoms with van der Waals surface area (Å²) < 4.78 is 24.5. The Kier molecular flexibility index (Phi) is 4.49. The Balaban J connectivity index is 2.03. The van der Waals surface area contributed by atoms with Gasteiger partial charge in [0, 0.05) is 27.5 Å². The summed E-state index contributed by atoms with van der Waals surface area (Å²) in [4.78, 5) is 8.69. The minimum atomic E-state index is -0.378. The van der Waals surface area contributed by atoms with Crippen LogP contribution in [0.15, 0.2) is 12.3 Å². The van der Waals surface area contributed by atoms with Gasteiger partial charge in [-0.2, -0.15) is 0 Å². The van der Waals surface area contributed by atoms with Crippen LogP contribution in [0.1, 0.15) is 12.1 Å². The Morgan fingerprint density at radius 1 is 1.22 bits per heavy atom. The maximum absolute atomic E-state index is 6.13. The highest BCUT2D eigenvalue weighted by Gasteiger charge is 2.46. The molecule has 4 atom stereocenters. The van der Waals surface area contributed by atoms with Crippen LogP contribution in [0.25, 0.3) is 11.0 Å². The smallest absolute Gasteiger partial charge is 0.164 e. The fraction of sp³-hybridized carbons (Fsp3) is 0.600. The van der Waals surface area contributed by atoms with E-state index >= 15 is 0 Å². The third-order valence-electron chi connectivity index (χ3n) is 4.15. The number of hydrogen-bond acceptors (Lipinski definition) is 7. The van der Waals surface area contributed by atoms with Gasteiger partial charge < -0.3 is 29.2 Å². The van der Waals surface area contributed by atoms with Crippen LogP contribution in [0.2, 0.25) is 0 Å². The van der Waals surface area contributed by atoms with Gasteiger partial charge in [-0.1, -0.05) is 0 Å². The maximum Gasteiger partial charge on any atom is 0.164 e. The lowest BCUT2D eigenvalue weighted by atomic mass is 10.1. The summed E-state index contributed by atoms with van der Waals surface area (Å²) in [6.45, 7) is 2.23. The molecule has 3 heterocycles. The van der Waals surface area contributed by atoms with E-state index in [1.54, 1.807) is 21.3 Å². The lowest BCUT2D eigenvalue weighted by Gasteiger charge is -2.22. The molecular formula is C15H22N4O4. The van der Waals surface area contributed by atoms with Gasteiger partial charge in [-0.05, 0) is 13.0 Å². The molecule has 23 heavy (non-hydrogen) atoms. The molecule has 0 radical (unpaired) electrons.